The van der Waals surface area contributed by atoms with Crippen molar-refractivity contribution in [1.29, 1.82) is 0 Å². The van der Waals surface area contributed by atoms with Crippen molar-refractivity contribution in [1.82, 2.24) is 10.6 Å². The first-order chi connectivity index (χ1) is 8.95. The first-order valence-corrected chi connectivity index (χ1v) is 7.44. The monoisotopic (exact) mass is 270 g/mol. The van der Waals surface area contributed by atoms with E-state index in [1.807, 2.05) is 0 Å². The Bertz CT molecular complexity index is 274. The van der Waals surface area contributed by atoms with E-state index in [4.69, 9.17) is 4.74 Å². The molecule has 0 bridgehead atoms. The van der Waals surface area contributed by atoms with E-state index in [0.29, 0.717) is 25.1 Å². The third-order valence-corrected chi connectivity index (χ3v) is 3.99. The zero-order valence-electron chi connectivity index (χ0n) is 12.9. The van der Waals surface area contributed by atoms with E-state index in [2.05, 4.69) is 31.4 Å². The molecule has 4 heteroatoms. The average molecular weight is 270 g/mol. The summed E-state index contributed by atoms with van der Waals surface area (Å²) in [6.07, 6.45) is 4.87. The molecule has 1 fully saturated rings. The van der Waals surface area contributed by atoms with Gasteiger partial charge in [0, 0.05) is 19.7 Å². The fourth-order valence-corrected chi connectivity index (χ4v) is 2.97. The third-order valence-electron chi connectivity index (χ3n) is 3.99. The zero-order valence-corrected chi connectivity index (χ0v) is 12.9. The van der Waals surface area contributed by atoms with Crippen molar-refractivity contribution in [3.05, 3.63) is 0 Å². The van der Waals surface area contributed by atoms with Crippen LogP contribution < -0.4 is 10.6 Å². The number of methoxy groups -OCH3 is 1. The number of amides is 1. The molecule has 0 heterocycles. The number of nitrogens with one attached hydrogen (secondary N) is 2. The summed E-state index contributed by atoms with van der Waals surface area (Å²) >= 11 is 0. The van der Waals surface area contributed by atoms with E-state index < -0.39 is 0 Å². The van der Waals surface area contributed by atoms with Crippen LogP contribution in [0.25, 0.3) is 0 Å². The van der Waals surface area contributed by atoms with Crippen LogP contribution in [0.3, 0.4) is 0 Å². The molecular weight excluding hydrogens is 240 g/mol. The van der Waals surface area contributed by atoms with Gasteiger partial charge in [-0.05, 0) is 24.2 Å². The van der Waals surface area contributed by atoms with Crippen molar-refractivity contribution in [3.8, 4) is 0 Å². The molecule has 2 unspecified atom stereocenters. The third kappa shape index (κ3) is 5.91. The van der Waals surface area contributed by atoms with E-state index in [0.717, 1.165) is 13.0 Å². The fraction of sp³-hybridized carbons (Fsp3) is 0.933. The normalized spacial score (nSPS) is 24.2. The standard InChI is InChI=1S/C15H30N2O2/c1-15(2,3)12-7-5-6-8-13(12)17-14(18)11-16-9-10-19-4/h12-13,16H,5-11H2,1-4H3,(H,17,18). The first kappa shape index (κ1) is 16.4. The molecule has 1 aliphatic carbocycles. The van der Waals surface area contributed by atoms with Crippen LogP contribution in [0.2, 0.25) is 0 Å². The van der Waals surface area contributed by atoms with Gasteiger partial charge in [-0.3, -0.25) is 4.79 Å². The van der Waals surface area contributed by atoms with Crippen LogP contribution in [0.5, 0.6) is 0 Å². The molecule has 1 saturated carbocycles. The van der Waals surface area contributed by atoms with Gasteiger partial charge in [0.2, 0.25) is 5.91 Å². The van der Waals surface area contributed by atoms with Crippen molar-refractivity contribution in [2.24, 2.45) is 11.3 Å². The second-order valence-corrected chi connectivity index (χ2v) is 6.60. The first-order valence-electron chi connectivity index (χ1n) is 7.44. The Labute approximate surface area is 117 Å². The zero-order chi connectivity index (χ0) is 14.3. The summed E-state index contributed by atoms with van der Waals surface area (Å²) in [6.45, 7) is 8.58. The maximum absolute atomic E-state index is 11.9. The maximum Gasteiger partial charge on any atom is 0.234 e. The molecule has 4 nitrogen and oxygen atoms in total. The predicted molar refractivity (Wildman–Crippen MR) is 78.1 cm³/mol. The molecule has 0 aromatic rings. The molecule has 112 valence electrons. The summed E-state index contributed by atoms with van der Waals surface area (Å²) in [4.78, 5) is 11.9. The van der Waals surface area contributed by atoms with Gasteiger partial charge in [-0.1, -0.05) is 33.6 Å². The van der Waals surface area contributed by atoms with Gasteiger partial charge in [0.25, 0.3) is 0 Å². The van der Waals surface area contributed by atoms with Gasteiger partial charge in [-0.2, -0.15) is 0 Å². The molecule has 0 saturated heterocycles. The molecule has 19 heavy (non-hydrogen) atoms. The van der Waals surface area contributed by atoms with E-state index in [-0.39, 0.29) is 11.3 Å². The van der Waals surface area contributed by atoms with Gasteiger partial charge in [0.15, 0.2) is 0 Å². The number of rotatable bonds is 6. The fourth-order valence-electron chi connectivity index (χ4n) is 2.97. The molecule has 1 rings (SSSR count). The Balaban J connectivity index is 2.38. The Morgan fingerprint density at radius 2 is 1.95 bits per heavy atom. The number of carbonyl (C=O) groups excluding carboxylic acids is 1. The largest absolute Gasteiger partial charge is 0.383 e. The lowest BCUT2D eigenvalue weighted by Crippen LogP contribution is -2.49. The van der Waals surface area contributed by atoms with Gasteiger partial charge < -0.3 is 15.4 Å². The van der Waals surface area contributed by atoms with Crippen molar-refractivity contribution in [2.75, 3.05) is 26.8 Å². The van der Waals surface area contributed by atoms with Crippen molar-refractivity contribution in [3.63, 3.8) is 0 Å². The van der Waals surface area contributed by atoms with Crippen molar-refractivity contribution in [2.45, 2.75) is 52.5 Å². The van der Waals surface area contributed by atoms with Gasteiger partial charge >= 0.3 is 0 Å². The highest BCUT2D eigenvalue weighted by Crippen LogP contribution is 2.37. The molecule has 0 aromatic heterocycles. The van der Waals surface area contributed by atoms with Gasteiger partial charge in [-0.15, -0.1) is 0 Å². The van der Waals surface area contributed by atoms with Crippen LogP contribution in [0.1, 0.15) is 46.5 Å². The number of carbonyl (C=O) groups is 1. The van der Waals surface area contributed by atoms with Crippen LogP contribution in [-0.2, 0) is 9.53 Å². The molecule has 0 aromatic carbocycles. The summed E-state index contributed by atoms with van der Waals surface area (Å²) in [5.41, 5.74) is 0.266. The van der Waals surface area contributed by atoms with Crippen LogP contribution in [0, 0.1) is 11.3 Å². The van der Waals surface area contributed by atoms with Gasteiger partial charge in [0.1, 0.15) is 0 Å². The minimum absolute atomic E-state index is 0.109. The minimum Gasteiger partial charge on any atom is -0.383 e. The molecular formula is C15H30N2O2. The van der Waals surface area contributed by atoms with E-state index in [1.165, 1.54) is 19.3 Å². The number of ether oxygens (including phenoxy) is 1. The Kier molecular flexibility index (Phi) is 6.80. The van der Waals surface area contributed by atoms with E-state index in [1.54, 1.807) is 7.11 Å². The van der Waals surface area contributed by atoms with Gasteiger partial charge in [0.05, 0.1) is 13.2 Å². The Morgan fingerprint density at radius 3 is 2.58 bits per heavy atom. The highest BCUT2D eigenvalue weighted by atomic mass is 16.5. The SMILES string of the molecule is COCCNCC(=O)NC1CCCCC1C(C)(C)C. The average Bonchev–Trinajstić information content (AvgIpc) is 2.34. The lowest BCUT2D eigenvalue weighted by molar-refractivity contribution is -0.122. The maximum atomic E-state index is 11.9. The summed E-state index contributed by atoms with van der Waals surface area (Å²) in [6, 6.07) is 0.338. The van der Waals surface area contributed by atoms with Crippen LogP contribution in [0.4, 0.5) is 0 Å². The Morgan fingerprint density at radius 1 is 1.26 bits per heavy atom. The van der Waals surface area contributed by atoms with Gasteiger partial charge in [-0.25, -0.2) is 0 Å². The molecule has 0 radical (unpaired) electrons. The van der Waals surface area contributed by atoms with E-state index in [9.17, 15) is 4.79 Å². The topological polar surface area (TPSA) is 50.4 Å². The summed E-state index contributed by atoms with van der Waals surface area (Å²) < 4.78 is 4.94. The second-order valence-electron chi connectivity index (χ2n) is 6.60. The van der Waals surface area contributed by atoms with Crippen LogP contribution in [0.15, 0.2) is 0 Å². The smallest absolute Gasteiger partial charge is 0.234 e. The summed E-state index contributed by atoms with van der Waals surface area (Å²) in [5.74, 6) is 0.696. The lowest BCUT2D eigenvalue weighted by atomic mass is 9.69. The van der Waals surface area contributed by atoms with E-state index >= 15 is 0 Å². The lowest BCUT2D eigenvalue weighted by Gasteiger charge is -2.40. The molecule has 0 aliphatic heterocycles. The quantitative estimate of drug-likeness (QED) is 0.725. The molecule has 0 spiro atoms. The second kappa shape index (κ2) is 7.85. The van der Waals surface area contributed by atoms with Crippen molar-refractivity contribution >= 4 is 5.91 Å². The number of hydrogen-bond acceptors (Lipinski definition) is 3. The Hall–Kier alpha value is -0.610. The molecule has 1 amide bonds. The molecule has 1 aliphatic rings. The minimum atomic E-state index is 0.109. The highest BCUT2D eigenvalue weighted by molar-refractivity contribution is 5.78. The summed E-state index contributed by atoms with van der Waals surface area (Å²) in [5, 5.41) is 6.30. The summed E-state index contributed by atoms with van der Waals surface area (Å²) in [7, 11) is 1.66. The molecule has 2 N–H and O–H groups in total. The highest BCUT2D eigenvalue weighted by Gasteiger charge is 2.34. The molecule has 2 atom stereocenters. The van der Waals surface area contributed by atoms with Crippen LogP contribution in [-0.4, -0.2) is 38.8 Å². The number of hydrogen-bond donors (Lipinski definition) is 2. The van der Waals surface area contributed by atoms with Crippen molar-refractivity contribution < 1.29 is 9.53 Å². The van der Waals surface area contributed by atoms with Crippen LogP contribution >= 0.6 is 0 Å². The predicted octanol–water partition coefficient (Wildman–Crippen LogP) is 1.94.